The first-order valence-electron chi connectivity index (χ1n) is 8.13. The van der Waals surface area contributed by atoms with Crippen LogP contribution in [-0.2, 0) is 0 Å². The summed E-state index contributed by atoms with van der Waals surface area (Å²) in [6.45, 7) is 1.02. The van der Waals surface area contributed by atoms with Crippen LogP contribution in [0.1, 0.15) is 6.42 Å². The van der Waals surface area contributed by atoms with Crippen LogP contribution in [0, 0.1) is 0 Å². The molecule has 6 heteroatoms. The van der Waals surface area contributed by atoms with Gasteiger partial charge in [0, 0.05) is 41.2 Å². The zero-order chi connectivity index (χ0) is 17.2. The first-order valence-corrected chi connectivity index (χ1v) is 8.51. The molecule has 1 aliphatic heterocycles. The van der Waals surface area contributed by atoms with Crippen LogP contribution < -0.4 is 4.90 Å². The van der Waals surface area contributed by atoms with Crippen molar-refractivity contribution in [2.75, 3.05) is 18.0 Å². The van der Waals surface area contributed by atoms with Crippen LogP contribution in [0.25, 0.3) is 22.6 Å². The van der Waals surface area contributed by atoms with Gasteiger partial charge < -0.3 is 4.90 Å². The summed E-state index contributed by atoms with van der Waals surface area (Å²) in [4.78, 5) is 15.4. The highest BCUT2D eigenvalue weighted by molar-refractivity contribution is 6.30. The van der Waals surface area contributed by atoms with Gasteiger partial charge in [0.25, 0.3) is 0 Å². The highest BCUT2D eigenvalue weighted by Gasteiger charge is 2.24. The smallest absolute Gasteiger partial charge is 0.163 e. The minimum absolute atomic E-state index is 0.365. The van der Waals surface area contributed by atoms with Gasteiger partial charge in [0.05, 0.1) is 12.2 Å². The average molecular weight is 355 g/mol. The van der Waals surface area contributed by atoms with Gasteiger partial charge >= 0.3 is 0 Å². The highest BCUT2D eigenvalue weighted by Crippen LogP contribution is 2.28. The molecule has 0 unspecified atom stereocenters. The predicted octanol–water partition coefficient (Wildman–Crippen LogP) is 4.41. The van der Waals surface area contributed by atoms with Crippen molar-refractivity contribution in [2.24, 2.45) is 0 Å². The lowest BCUT2D eigenvalue weighted by atomic mass is 10.1. The van der Waals surface area contributed by atoms with Crippen LogP contribution in [-0.4, -0.2) is 34.2 Å². The van der Waals surface area contributed by atoms with Crippen molar-refractivity contribution in [3.63, 3.8) is 0 Å². The Morgan fingerprint density at radius 2 is 1.92 bits per heavy atom. The van der Waals surface area contributed by atoms with E-state index in [0.717, 1.165) is 22.6 Å². The van der Waals surface area contributed by atoms with Gasteiger partial charge in [-0.1, -0.05) is 23.7 Å². The Morgan fingerprint density at radius 1 is 1.08 bits per heavy atom. The zero-order valence-electron chi connectivity index (χ0n) is 13.4. The molecule has 2 aromatic heterocycles. The fraction of sp³-hybridized carbons (Fsp3) is 0.211. The van der Waals surface area contributed by atoms with Crippen molar-refractivity contribution in [2.45, 2.75) is 12.6 Å². The number of alkyl halides is 1. The molecule has 0 radical (unpaired) electrons. The van der Waals surface area contributed by atoms with E-state index in [4.69, 9.17) is 11.6 Å². The molecule has 1 aliphatic rings. The van der Waals surface area contributed by atoms with Crippen molar-refractivity contribution in [3.8, 4) is 22.6 Å². The Balaban J connectivity index is 1.81. The monoisotopic (exact) mass is 354 g/mol. The van der Waals surface area contributed by atoms with Crippen molar-refractivity contribution < 1.29 is 4.39 Å². The summed E-state index contributed by atoms with van der Waals surface area (Å²) in [5.41, 5.74) is 2.55. The number of aromatic nitrogens is 3. The van der Waals surface area contributed by atoms with E-state index in [-0.39, 0.29) is 0 Å². The van der Waals surface area contributed by atoms with Crippen molar-refractivity contribution in [1.29, 1.82) is 0 Å². The van der Waals surface area contributed by atoms with Crippen molar-refractivity contribution >= 4 is 17.4 Å². The Labute approximate surface area is 150 Å². The van der Waals surface area contributed by atoms with Crippen LogP contribution in [0.3, 0.4) is 0 Å². The van der Waals surface area contributed by atoms with Crippen LogP contribution in [0.2, 0.25) is 5.02 Å². The number of pyridine rings is 1. The highest BCUT2D eigenvalue weighted by atomic mass is 35.5. The molecule has 1 saturated heterocycles. The van der Waals surface area contributed by atoms with Gasteiger partial charge in [-0.15, -0.1) is 0 Å². The van der Waals surface area contributed by atoms with E-state index in [1.54, 1.807) is 12.4 Å². The number of hydrogen-bond donors (Lipinski definition) is 0. The van der Waals surface area contributed by atoms with Gasteiger partial charge in [-0.05, 0) is 30.7 Å². The standard InChI is InChI=1S/C19H16ClFN4/c20-15-5-3-13(4-6-15)17-10-18(25-9-7-16(21)12-25)24-19(23-17)14-2-1-8-22-11-14/h1-6,8,10-11,16H,7,9,12H2/t16-/m0/s1. The predicted molar refractivity (Wildman–Crippen MR) is 97.4 cm³/mol. The molecule has 0 aliphatic carbocycles. The Kier molecular flexibility index (Phi) is 4.32. The summed E-state index contributed by atoms with van der Waals surface area (Å²) in [5.74, 6) is 1.32. The van der Waals surface area contributed by atoms with E-state index in [1.165, 1.54) is 0 Å². The Bertz CT molecular complexity index is 870. The van der Waals surface area contributed by atoms with Gasteiger partial charge in [0.2, 0.25) is 0 Å². The fourth-order valence-corrected chi connectivity index (χ4v) is 3.04. The molecular formula is C19H16ClFN4. The first kappa shape index (κ1) is 16.0. The minimum atomic E-state index is -0.809. The molecule has 4 rings (SSSR count). The van der Waals surface area contributed by atoms with E-state index in [9.17, 15) is 4.39 Å². The van der Waals surface area contributed by atoms with E-state index in [1.807, 2.05) is 47.4 Å². The Morgan fingerprint density at radius 3 is 2.60 bits per heavy atom. The van der Waals surface area contributed by atoms with Crippen LogP contribution >= 0.6 is 11.6 Å². The maximum absolute atomic E-state index is 13.6. The first-order chi connectivity index (χ1) is 12.2. The van der Waals surface area contributed by atoms with E-state index < -0.39 is 6.17 Å². The van der Waals surface area contributed by atoms with Gasteiger partial charge in [-0.3, -0.25) is 4.98 Å². The van der Waals surface area contributed by atoms with Crippen LogP contribution in [0.15, 0.2) is 54.9 Å². The van der Waals surface area contributed by atoms with Gasteiger partial charge in [0.15, 0.2) is 5.82 Å². The average Bonchev–Trinajstić information content (AvgIpc) is 3.09. The molecule has 0 spiro atoms. The number of nitrogens with zero attached hydrogens (tertiary/aromatic N) is 4. The largest absolute Gasteiger partial charge is 0.353 e. The molecule has 126 valence electrons. The topological polar surface area (TPSA) is 41.9 Å². The fourth-order valence-electron chi connectivity index (χ4n) is 2.91. The second-order valence-corrected chi connectivity index (χ2v) is 6.45. The lowest BCUT2D eigenvalue weighted by Crippen LogP contribution is -2.21. The van der Waals surface area contributed by atoms with Crippen molar-refractivity contribution in [3.05, 3.63) is 59.9 Å². The number of rotatable bonds is 3. The summed E-state index contributed by atoms with van der Waals surface area (Å²) in [6.07, 6.45) is 3.16. The zero-order valence-corrected chi connectivity index (χ0v) is 14.2. The molecule has 0 bridgehead atoms. The summed E-state index contributed by atoms with van der Waals surface area (Å²) >= 11 is 5.99. The van der Waals surface area contributed by atoms with E-state index >= 15 is 0 Å². The minimum Gasteiger partial charge on any atom is -0.353 e. The lowest BCUT2D eigenvalue weighted by molar-refractivity contribution is 0.364. The molecule has 0 amide bonds. The summed E-state index contributed by atoms with van der Waals surface area (Å²) in [7, 11) is 0. The van der Waals surface area contributed by atoms with Gasteiger partial charge in [0.1, 0.15) is 12.0 Å². The summed E-state index contributed by atoms with van der Waals surface area (Å²) in [5, 5.41) is 0.672. The third-order valence-corrected chi connectivity index (χ3v) is 4.48. The maximum atomic E-state index is 13.6. The summed E-state index contributed by atoms with van der Waals surface area (Å²) < 4.78 is 13.6. The molecular weight excluding hydrogens is 339 g/mol. The summed E-state index contributed by atoms with van der Waals surface area (Å²) in [6, 6.07) is 13.2. The number of anilines is 1. The molecule has 25 heavy (non-hydrogen) atoms. The molecule has 1 atom stereocenters. The molecule has 1 aromatic carbocycles. The second-order valence-electron chi connectivity index (χ2n) is 6.02. The van der Waals surface area contributed by atoms with Crippen molar-refractivity contribution in [1.82, 2.24) is 15.0 Å². The van der Waals surface area contributed by atoms with Gasteiger partial charge in [-0.25, -0.2) is 14.4 Å². The van der Waals surface area contributed by atoms with E-state index in [0.29, 0.717) is 30.4 Å². The second kappa shape index (κ2) is 6.76. The van der Waals surface area contributed by atoms with Crippen LogP contribution in [0.4, 0.5) is 10.2 Å². The number of benzene rings is 1. The third-order valence-electron chi connectivity index (χ3n) is 4.23. The molecule has 3 aromatic rings. The number of halogens is 2. The SMILES string of the molecule is F[C@H]1CCN(c2cc(-c3ccc(Cl)cc3)nc(-c3cccnc3)n2)C1. The molecule has 1 fully saturated rings. The third kappa shape index (κ3) is 3.46. The molecule has 3 heterocycles. The Hall–Kier alpha value is -2.53. The van der Waals surface area contributed by atoms with Crippen LogP contribution in [0.5, 0.6) is 0 Å². The lowest BCUT2D eigenvalue weighted by Gasteiger charge is -2.18. The molecule has 4 nitrogen and oxygen atoms in total. The normalized spacial score (nSPS) is 17.0. The quantitative estimate of drug-likeness (QED) is 0.698. The number of hydrogen-bond acceptors (Lipinski definition) is 4. The van der Waals surface area contributed by atoms with E-state index in [2.05, 4.69) is 15.0 Å². The molecule has 0 N–H and O–H groups in total. The van der Waals surface area contributed by atoms with Gasteiger partial charge in [-0.2, -0.15) is 0 Å². The molecule has 0 saturated carbocycles. The maximum Gasteiger partial charge on any atom is 0.163 e.